The molecule has 2 aromatic carbocycles. The van der Waals surface area contributed by atoms with E-state index in [0.717, 1.165) is 24.3 Å². The molecule has 0 atom stereocenters. The maximum Gasteiger partial charge on any atom is 0.277 e. The molecule has 5 nitrogen and oxygen atoms in total. The Morgan fingerprint density at radius 2 is 1.47 bits per heavy atom. The molecule has 2 aromatic rings. The molecule has 0 aliphatic rings. The summed E-state index contributed by atoms with van der Waals surface area (Å²) >= 11 is 0. The van der Waals surface area contributed by atoms with Crippen LogP contribution in [0.3, 0.4) is 0 Å². The molecular weight excluding hydrogens is 400 g/mol. The van der Waals surface area contributed by atoms with Gasteiger partial charge in [0.15, 0.2) is 6.61 Å². The van der Waals surface area contributed by atoms with Gasteiger partial charge in [0.1, 0.15) is 11.5 Å². The first-order valence-corrected chi connectivity index (χ1v) is 11.7. The van der Waals surface area contributed by atoms with Gasteiger partial charge in [0.25, 0.3) is 5.91 Å². The summed E-state index contributed by atoms with van der Waals surface area (Å²) in [6, 6.07) is 15.5. The summed E-state index contributed by atoms with van der Waals surface area (Å²) in [4.78, 5) is 11.9. The molecule has 32 heavy (non-hydrogen) atoms. The SMILES string of the molecule is CCCCCCCCOc1ccc(/C=N/NC(=O)COc2ccc(C(C)(C)C)cc2)cc1. The van der Waals surface area contributed by atoms with Gasteiger partial charge in [0.05, 0.1) is 12.8 Å². The standard InChI is InChI=1S/C27H38N2O3/c1-5-6-7-8-9-10-19-31-24-15-11-22(12-16-24)20-28-29-26(30)21-32-25-17-13-23(14-18-25)27(2,3)4/h11-18,20H,5-10,19,21H2,1-4H3,(H,29,30)/b28-20+. The Kier molecular flexibility index (Phi) is 10.8. The summed E-state index contributed by atoms with van der Waals surface area (Å²) in [6.45, 7) is 9.36. The molecule has 0 bridgehead atoms. The van der Waals surface area contributed by atoms with Crippen molar-refractivity contribution < 1.29 is 14.3 Å². The van der Waals surface area contributed by atoms with Gasteiger partial charge in [-0.3, -0.25) is 4.79 Å². The summed E-state index contributed by atoms with van der Waals surface area (Å²) in [5.41, 5.74) is 4.68. The van der Waals surface area contributed by atoms with Gasteiger partial charge in [-0.25, -0.2) is 5.43 Å². The number of carbonyl (C=O) groups is 1. The van der Waals surface area contributed by atoms with Crippen molar-refractivity contribution in [3.8, 4) is 11.5 Å². The monoisotopic (exact) mass is 438 g/mol. The van der Waals surface area contributed by atoms with Crippen LogP contribution in [0.15, 0.2) is 53.6 Å². The fourth-order valence-electron chi connectivity index (χ4n) is 3.13. The fraction of sp³-hybridized carbons (Fsp3) is 0.481. The number of ether oxygens (including phenoxy) is 2. The van der Waals surface area contributed by atoms with Crippen LogP contribution in [0.5, 0.6) is 11.5 Å². The first kappa shape index (κ1) is 25.4. The summed E-state index contributed by atoms with van der Waals surface area (Å²) in [6.07, 6.45) is 9.11. The zero-order chi connectivity index (χ0) is 23.2. The van der Waals surface area contributed by atoms with Gasteiger partial charge in [0.2, 0.25) is 0 Å². The molecule has 0 aliphatic heterocycles. The largest absolute Gasteiger partial charge is 0.494 e. The van der Waals surface area contributed by atoms with Crippen molar-refractivity contribution in [2.24, 2.45) is 5.10 Å². The predicted octanol–water partition coefficient (Wildman–Crippen LogP) is 6.25. The van der Waals surface area contributed by atoms with Crippen LogP contribution in [0, 0.1) is 0 Å². The lowest BCUT2D eigenvalue weighted by Crippen LogP contribution is -2.24. The maximum absolute atomic E-state index is 11.9. The summed E-state index contributed by atoms with van der Waals surface area (Å²) in [5.74, 6) is 1.21. The third-order valence-corrected chi connectivity index (χ3v) is 5.14. The quantitative estimate of drug-likeness (QED) is 0.228. The number of hydrogen-bond donors (Lipinski definition) is 1. The summed E-state index contributed by atoms with van der Waals surface area (Å²) < 4.78 is 11.3. The van der Waals surface area contributed by atoms with Gasteiger partial charge in [-0.2, -0.15) is 5.10 Å². The Labute approximate surface area is 193 Å². The highest BCUT2D eigenvalue weighted by Crippen LogP contribution is 2.24. The molecule has 0 aliphatic carbocycles. The Morgan fingerprint density at radius 1 is 0.875 bits per heavy atom. The van der Waals surface area contributed by atoms with E-state index >= 15 is 0 Å². The molecule has 5 heteroatoms. The van der Waals surface area contributed by atoms with Crippen LogP contribution in [0.25, 0.3) is 0 Å². The lowest BCUT2D eigenvalue weighted by atomic mass is 9.87. The van der Waals surface area contributed by atoms with E-state index in [0.29, 0.717) is 5.75 Å². The normalized spacial score (nSPS) is 11.5. The van der Waals surface area contributed by atoms with Gasteiger partial charge in [-0.15, -0.1) is 0 Å². The van der Waals surface area contributed by atoms with E-state index in [1.807, 2.05) is 48.5 Å². The molecule has 0 unspecified atom stereocenters. The second-order valence-electron chi connectivity index (χ2n) is 9.04. The van der Waals surface area contributed by atoms with Crippen molar-refractivity contribution in [1.29, 1.82) is 0 Å². The van der Waals surface area contributed by atoms with E-state index in [1.54, 1.807) is 6.21 Å². The van der Waals surface area contributed by atoms with Crippen molar-refractivity contribution in [1.82, 2.24) is 5.43 Å². The predicted molar refractivity (Wildman–Crippen MR) is 132 cm³/mol. The Bertz CT molecular complexity index is 821. The van der Waals surface area contributed by atoms with E-state index in [4.69, 9.17) is 9.47 Å². The minimum absolute atomic E-state index is 0.0859. The van der Waals surface area contributed by atoms with Gasteiger partial charge >= 0.3 is 0 Å². The molecule has 0 spiro atoms. The van der Waals surface area contributed by atoms with E-state index in [9.17, 15) is 4.79 Å². The Morgan fingerprint density at radius 3 is 2.12 bits per heavy atom. The highest BCUT2D eigenvalue weighted by Gasteiger charge is 2.13. The highest BCUT2D eigenvalue weighted by molar-refractivity contribution is 5.83. The minimum atomic E-state index is -0.306. The lowest BCUT2D eigenvalue weighted by molar-refractivity contribution is -0.123. The highest BCUT2D eigenvalue weighted by atomic mass is 16.5. The average Bonchev–Trinajstić information content (AvgIpc) is 2.78. The van der Waals surface area contributed by atoms with Crippen LogP contribution in [-0.2, 0) is 10.2 Å². The van der Waals surface area contributed by atoms with Gasteiger partial charge < -0.3 is 9.47 Å². The van der Waals surface area contributed by atoms with Crippen LogP contribution in [-0.4, -0.2) is 25.3 Å². The number of hydrogen-bond acceptors (Lipinski definition) is 4. The van der Waals surface area contributed by atoms with Crippen molar-refractivity contribution in [2.75, 3.05) is 13.2 Å². The van der Waals surface area contributed by atoms with E-state index in [-0.39, 0.29) is 17.9 Å². The molecule has 174 valence electrons. The first-order chi connectivity index (χ1) is 15.4. The van der Waals surface area contributed by atoms with Crippen molar-refractivity contribution in [3.63, 3.8) is 0 Å². The average molecular weight is 439 g/mol. The zero-order valence-corrected chi connectivity index (χ0v) is 20.0. The number of hydrazone groups is 1. The lowest BCUT2D eigenvalue weighted by Gasteiger charge is -2.19. The van der Waals surface area contributed by atoms with E-state index < -0.39 is 0 Å². The van der Waals surface area contributed by atoms with Gasteiger partial charge in [0, 0.05) is 0 Å². The molecule has 0 saturated heterocycles. The maximum atomic E-state index is 11.9. The third-order valence-electron chi connectivity index (χ3n) is 5.14. The van der Waals surface area contributed by atoms with Crippen LogP contribution in [0.4, 0.5) is 0 Å². The van der Waals surface area contributed by atoms with Crippen molar-refractivity contribution in [2.45, 2.75) is 71.6 Å². The molecule has 1 amide bonds. The molecule has 1 N–H and O–H groups in total. The van der Waals surface area contributed by atoms with Crippen molar-refractivity contribution in [3.05, 3.63) is 59.7 Å². The molecule has 0 heterocycles. The first-order valence-electron chi connectivity index (χ1n) is 11.7. The number of benzene rings is 2. The summed E-state index contributed by atoms with van der Waals surface area (Å²) in [7, 11) is 0. The number of carbonyl (C=O) groups excluding carboxylic acids is 1. The molecule has 0 fully saturated rings. The van der Waals surface area contributed by atoms with E-state index in [2.05, 4.69) is 38.2 Å². The van der Waals surface area contributed by atoms with E-state index in [1.165, 1.54) is 37.7 Å². The molecule has 0 aromatic heterocycles. The summed E-state index contributed by atoms with van der Waals surface area (Å²) in [5, 5.41) is 4.00. The number of rotatable bonds is 13. The zero-order valence-electron chi connectivity index (χ0n) is 20.0. The molecule has 0 radical (unpaired) electrons. The second-order valence-corrected chi connectivity index (χ2v) is 9.04. The Hall–Kier alpha value is -2.82. The van der Waals surface area contributed by atoms with Crippen LogP contribution in [0.1, 0.15) is 77.3 Å². The Balaban J connectivity index is 1.65. The fourth-order valence-corrected chi connectivity index (χ4v) is 3.13. The second kappa shape index (κ2) is 13.6. The third kappa shape index (κ3) is 9.99. The van der Waals surface area contributed by atoms with Crippen LogP contribution in [0.2, 0.25) is 0 Å². The smallest absolute Gasteiger partial charge is 0.277 e. The number of nitrogens with zero attached hydrogens (tertiary/aromatic N) is 1. The van der Waals surface area contributed by atoms with Crippen molar-refractivity contribution >= 4 is 12.1 Å². The molecular formula is C27H38N2O3. The number of amides is 1. The number of nitrogens with one attached hydrogen (secondary N) is 1. The minimum Gasteiger partial charge on any atom is -0.494 e. The van der Waals surface area contributed by atoms with Gasteiger partial charge in [-0.05, 0) is 59.4 Å². The molecule has 2 rings (SSSR count). The molecule has 0 saturated carbocycles. The number of unbranched alkanes of at least 4 members (excludes halogenated alkanes) is 5. The topological polar surface area (TPSA) is 59.9 Å². The van der Waals surface area contributed by atoms with Crippen LogP contribution < -0.4 is 14.9 Å². The van der Waals surface area contributed by atoms with Gasteiger partial charge in [-0.1, -0.05) is 71.9 Å². The van der Waals surface area contributed by atoms with Crippen LogP contribution >= 0.6 is 0 Å².